The monoisotopic (exact) mass is 356 g/mol. The summed E-state index contributed by atoms with van der Waals surface area (Å²) in [7, 11) is 0. The van der Waals surface area contributed by atoms with Crippen LogP contribution in [0.1, 0.15) is 72.1 Å². The number of ketones is 1. The summed E-state index contributed by atoms with van der Waals surface area (Å²) < 4.78 is 5.56. The van der Waals surface area contributed by atoms with E-state index in [1.165, 1.54) is 37.7 Å². The molecule has 0 aliphatic heterocycles. The quantitative estimate of drug-likeness (QED) is 0.583. The lowest BCUT2D eigenvalue weighted by Gasteiger charge is -2.58. The third kappa shape index (κ3) is 2.62. The van der Waals surface area contributed by atoms with Gasteiger partial charge in [-0.25, -0.2) is 0 Å². The van der Waals surface area contributed by atoms with E-state index in [9.17, 15) is 4.79 Å². The maximum absolute atomic E-state index is 12.0. The predicted molar refractivity (Wildman–Crippen MR) is 106 cm³/mol. The molecule has 0 heterocycles. The van der Waals surface area contributed by atoms with Crippen LogP contribution >= 0.6 is 0 Å². The van der Waals surface area contributed by atoms with Crippen molar-refractivity contribution in [2.45, 2.75) is 72.1 Å². The number of hydrogen-bond donors (Lipinski definition) is 0. The van der Waals surface area contributed by atoms with E-state index in [1.807, 2.05) is 6.08 Å². The first-order valence-corrected chi connectivity index (χ1v) is 10.9. The van der Waals surface area contributed by atoms with E-state index in [-0.39, 0.29) is 0 Å². The van der Waals surface area contributed by atoms with Gasteiger partial charge in [-0.1, -0.05) is 32.9 Å². The summed E-state index contributed by atoms with van der Waals surface area (Å²) in [4.78, 5) is 12.0. The molecule has 0 saturated heterocycles. The second-order valence-corrected chi connectivity index (χ2v) is 10.2. The normalized spacial score (nSPS) is 45.8. The maximum atomic E-state index is 12.0. The minimum Gasteiger partial charge on any atom is -0.502 e. The van der Waals surface area contributed by atoms with Crippen molar-refractivity contribution in [3.05, 3.63) is 24.5 Å². The lowest BCUT2D eigenvalue weighted by molar-refractivity contribution is -0.117. The number of carbonyl (C=O) groups excluding carboxylic acids is 1. The molecule has 0 aromatic heterocycles. The van der Waals surface area contributed by atoms with Gasteiger partial charge in [-0.05, 0) is 91.4 Å². The van der Waals surface area contributed by atoms with Crippen LogP contribution in [0.25, 0.3) is 0 Å². The van der Waals surface area contributed by atoms with Gasteiger partial charge < -0.3 is 4.74 Å². The topological polar surface area (TPSA) is 26.3 Å². The molecule has 0 N–H and O–H groups in total. The molecule has 7 unspecified atom stereocenters. The first kappa shape index (κ1) is 18.3. The Labute approximate surface area is 159 Å². The fourth-order valence-corrected chi connectivity index (χ4v) is 7.87. The molecular formula is C24H36O2. The minimum atomic E-state index is 0.299. The van der Waals surface area contributed by atoms with Crippen LogP contribution < -0.4 is 0 Å². The van der Waals surface area contributed by atoms with Gasteiger partial charge in [0.25, 0.3) is 0 Å². The smallest absolute Gasteiger partial charge is 0.155 e. The molecule has 144 valence electrons. The zero-order valence-electron chi connectivity index (χ0n) is 16.9. The van der Waals surface area contributed by atoms with Gasteiger partial charge in [-0.2, -0.15) is 0 Å². The van der Waals surface area contributed by atoms with Crippen LogP contribution in [0, 0.1) is 40.4 Å². The Balaban J connectivity index is 1.57. The summed E-state index contributed by atoms with van der Waals surface area (Å²) in [5.41, 5.74) is 2.27. The standard InChI is InChI=1S/C24H36O2/c1-5-26-15-16(2)20-8-9-21-19-7-6-17-14-18(25)10-12-23(17,3)22(19)11-13-24(20,21)4/h5,14,16,19-22H,1,6-13,15H2,2-4H3. The average molecular weight is 357 g/mol. The minimum absolute atomic E-state index is 0.299. The van der Waals surface area contributed by atoms with Crippen LogP contribution in [0.15, 0.2) is 24.5 Å². The molecule has 2 nitrogen and oxygen atoms in total. The zero-order chi connectivity index (χ0) is 18.5. The molecule has 7 atom stereocenters. The van der Waals surface area contributed by atoms with E-state index in [4.69, 9.17) is 4.74 Å². The molecule has 0 aromatic rings. The highest BCUT2D eigenvalue weighted by Gasteiger charge is 2.59. The fraction of sp³-hybridized carbons (Fsp3) is 0.792. The second kappa shape index (κ2) is 6.53. The van der Waals surface area contributed by atoms with Crippen molar-refractivity contribution < 1.29 is 9.53 Å². The number of hydrogen-bond acceptors (Lipinski definition) is 2. The van der Waals surface area contributed by atoms with Gasteiger partial charge in [0.2, 0.25) is 0 Å². The largest absolute Gasteiger partial charge is 0.502 e. The van der Waals surface area contributed by atoms with Gasteiger partial charge in [-0.3, -0.25) is 4.79 Å². The number of fused-ring (bicyclic) bond motifs is 5. The molecule has 0 aromatic carbocycles. The predicted octanol–water partition coefficient (Wildman–Crippen LogP) is 5.93. The van der Waals surface area contributed by atoms with E-state index in [1.54, 1.807) is 6.26 Å². The van der Waals surface area contributed by atoms with Crippen molar-refractivity contribution in [2.24, 2.45) is 40.4 Å². The zero-order valence-corrected chi connectivity index (χ0v) is 16.9. The molecule has 4 aliphatic rings. The van der Waals surface area contributed by atoms with Crippen molar-refractivity contribution in [3.63, 3.8) is 0 Å². The SMILES string of the molecule is C=COCC(C)C1CCC2C3CCC4=CC(=O)CCC4(C)C3CCC12C. The Morgan fingerprint density at radius 2 is 2.00 bits per heavy atom. The van der Waals surface area contributed by atoms with E-state index >= 15 is 0 Å². The first-order valence-electron chi connectivity index (χ1n) is 10.9. The summed E-state index contributed by atoms with van der Waals surface area (Å²) in [6, 6.07) is 0. The van der Waals surface area contributed by atoms with E-state index in [0.717, 1.165) is 49.5 Å². The van der Waals surface area contributed by atoms with Crippen molar-refractivity contribution in [1.29, 1.82) is 0 Å². The highest BCUT2D eigenvalue weighted by Crippen LogP contribution is 2.67. The molecule has 3 saturated carbocycles. The van der Waals surface area contributed by atoms with Crippen molar-refractivity contribution >= 4 is 5.78 Å². The number of carbonyl (C=O) groups is 1. The Morgan fingerprint density at radius 1 is 1.19 bits per heavy atom. The molecular weight excluding hydrogens is 320 g/mol. The van der Waals surface area contributed by atoms with E-state index in [2.05, 4.69) is 27.4 Å². The molecule has 0 bridgehead atoms. The summed E-state index contributed by atoms with van der Waals surface area (Å²) >= 11 is 0. The van der Waals surface area contributed by atoms with Gasteiger partial charge in [0.1, 0.15) is 0 Å². The van der Waals surface area contributed by atoms with Gasteiger partial charge >= 0.3 is 0 Å². The molecule has 4 aliphatic carbocycles. The van der Waals surface area contributed by atoms with Gasteiger partial charge in [0, 0.05) is 6.42 Å². The molecule has 4 rings (SSSR count). The van der Waals surface area contributed by atoms with Crippen molar-refractivity contribution in [3.8, 4) is 0 Å². The average Bonchev–Trinajstić information content (AvgIpc) is 2.97. The van der Waals surface area contributed by atoms with Gasteiger partial charge in [-0.15, -0.1) is 0 Å². The van der Waals surface area contributed by atoms with Crippen molar-refractivity contribution in [2.75, 3.05) is 6.61 Å². The van der Waals surface area contributed by atoms with Crippen LogP contribution in [-0.4, -0.2) is 12.4 Å². The highest BCUT2D eigenvalue weighted by molar-refractivity contribution is 5.91. The maximum Gasteiger partial charge on any atom is 0.155 e. The molecule has 2 heteroatoms. The second-order valence-electron chi connectivity index (χ2n) is 10.2. The number of allylic oxidation sites excluding steroid dienone is 1. The third-order valence-electron chi connectivity index (χ3n) is 9.20. The summed E-state index contributed by atoms with van der Waals surface area (Å²) in [6.07, 6.45) is 13.4. The van der Waals surface area contributed by atoms with E-state index < -0.39 is 0 Å². The Hall–Kier alpha value is -1.05. The summed E-state index contributed by atoms with van der Waals surface area (Å²) in [5, 5.41) is 0. The molecule has 0 radical (unpaired) electrons. The van der Waals surface area contributed by atoms with Crippen LogP contribution in [0.5, 0.6) is 0 Å². The lowest BCUT2D eigenvalue weighted by Crippen LogP contribution is -2.51. The van der Waals surface area contributed by atoms with Crippen LogP contribution in [-0.2, 0) is 9.53 Å². The fourth-order valence-electron chi connectivity index (χ4n) is 7.87. The molecule has 26 heavy (non-hydrogen) atoms. The van der Waals surface area contributed by atoms with E-state index in [0.29, 0.717) is 22.5 Å². The lowest BCUT2D eigenvalue weighted by atomic mass is 9.46. The Bertz CT molecular complexity index is 620. The number of rotatable bonds is 4. The molecule has 3 fully saturated rings. The van der Waals surface area contributed by atoms with Crippen LogP contribution in [0.3, 0.4) is 0 Å². The Kier molecular flexibility index (Phi) is 4.60. The van der Waals surface area contributed by atoms with Gasteiger partial charge in [0.05, 0.1) is 12.9 Å². The van der Waals surface area contributed by atoms with Crippen LogP contribution in [0.4, 0.5) is 0 Å². The highest BCUT2D eigenvalue weighted by atomic mass is 16.5. The summed E-state index contributed by atoms with van der Waals surface area (Å²) in [6.45, 7) is 12.0. The summed E-state index contributed by atoms with van der Waals surface area (Å²) in [5.74, 6) is 4.29. The third-order valence-corrected chi connectivity index (χ3v) is 9.20. The van der Waals surface area contributed by atoms with Crippen LogP contribution in [0.2, 0.25) is 0 Å². The Morgan fingerprint density at radius 3 is 2.77 bits per heavy atom. The first-order chi connectivity index (χ1) is 12.4. The molecule has 0 spiro atoms. The van der Waals surface area contributed by atoms with Crippen molar-refractivity contribution in [1.82, 2.24) is 0 Å². The number of ether oxygens (including phenoxy) is 1. The molecule has 0 amide bonds. The van der Waals surface area contributed by atoms with Gasteiger partial charge in [0.15, 0.2) is 5.78 Å².